The van der Waals surface area contributed by atoms with Gasteiger partial charge in [0.05, 0.1) is 19.3 Å². The number of carbonyl (C=O) groups excluding carboxylic acids is 1. The number of methoxy groups -OCH3 is 1. The summed E-state index contributed by atoms with van der Waals surface area (Å²) in [5.41, 5.74) is 2.26. The Morgan fingerprint density at radius 1 is 1.00 bits per heavy atom. The van der Waals surface area contributed by atoms with Gasteiger partial charge in [-0.3, -0.25) is 4.79 Å². The number of fused-ring (bicyclic) bond motifs is 1. The van der Waals surface area contributed by atoms with Gasteiger partial charge in [0.2, 0.25) is 0 Å². The Bertz CT molecular complexity index is 997. The van der Waals surface area contributed by atoms with Gasteiger partial charge in [-0.05, 0) is 36.2 Å². The van der Waals surface area contributed by atoms with Crippen molar-refractivity contribution in [2.24, 2.45) is 0 Å². The van der Waals surface area contributed by atoms with Gasteiger partial charge in [0.15, 0.2) is 5.60 Å². The predicted molar refractivity (Wildman–Crippen MR) is 105 cm³/mol. The number of para-hydroxylation sites is 1. The lowest BCUT2D eigenvalue weighted by Gasteiger charge is -2.24. The van der Waals surface area contributed by atoms with Crippen molar-refractivity contribution in [3.63, 3.8) is 0 Å². The number of nitrogens with zero attached hydrogens (tertiary/aromatic N) is 1. The second kappa shape index (κ2) is 6.56. The van der Waals surface area contributed by atoms with Gasteiger partial charge in [0.1, 0.15) is 5.75 Å². The van der Waals surface area contributed by atoms with Crippen LogP contribution < -0.4 is 9.64 Å². The minimum absolute atomic E-state index is 0.338. The fourth-order valence-electron chi connectivity index (χ4n) is 3.62. The predicted octanol–water partition coefficient (Wildman–Crippen LogP) is 3.79. The molecule has 0 spiro atoms. The highest BCUT2D eigenvalue weighted by atomic mass is 16.5. The normalized spacial score (nSPS) is 18.5. The average Bonchev–Trinajstić information content (AvgIpc) is 2.92. The number of benzene rings is 3. The van der Waals surface area contributed by atoms with Crippen molar-refractivity contribution in [3.05, 3.63) is 95.1 Å². The minimum Gasteiger partial charge on any atom is -0.497 e. The van der Waals surface area contributed by atoms with Crippen LogP contribution in [0.25, 0.3) is 0 Å². The first-order valence-corrected chi connectivity index (χ1v) is 8.88. The number of hydrogen-bond donors (Lipinski definition) is 1. The molecule has 4 nitrogen and oxygen atoms in total. The van der Waals surface area contributed by atoms with Crippen molar-refractivity contribution in [1.29, 1.82) is 0 Å². The van der Waals surface area contributed by atoms with E-state index >= 15 is 0 Å². The van der Waals surface area contributed by atoms with E-state index < -0.39 is 5.60 Å². The molecular weight excluding hydrogens is 338 g/mol. The number of amides is 1. The van der Waals surface area contributed by atoms with Crippen molar-refractivity contribution < 1.29 is 14.6 Å². The van der Waals surface area contributed by atoms with Crippen LogP contribution in [0.4, 0.5) is 5.69 Å². The van der Waals surface area contributed by atoms with E-state index in [0.717, 1.165) is 22.6 Å². The monoisotopic (exact) mass is 359 g/mol. The fourth-order valence-corrected chi connectivity index (χ4v) is 3.62. The van der Waals surface area contributed by atoms with E-state index in [1.807, 2.05) is 79.7 Å². The van der Waals surface area contributed by atoms with Crippen LogP contribution in [0, 0.1) is 6.92 Å². The topological polar surface area (TPSA) is 49.8 Å². The fraction of sp³-hybridized carbons (Fsp3) is 0.174. The van der Waals surface area contributed by atoms with Crippen LogP contribution in [0.15, 0.2) is 72.8 Å². The zero-order valence-electron chi connectivity index (χ0n) is 15.3. The third kappa shape index (κ3) is 2.78. The quantitative estimate of drug-likeness (QED) is 0.771. The van der Waals surface area contributed by atoms with Gasteiger partial charge >= 0.3 is 0 Å². The Balaban J connectivity index is 1.78. The maximum Gasteiger partial charge on any atom is 0.268 e. The van der Waals surface area contributed by atoms with E-state index in [1.165, 1.54) is 0 Å². The molecule has 0 aromatic heterocycles. The van der Waals surface area contributed by atoms with E-state index in [4.69, 9.17) is 4.74 Å². The first-order valence-electron chi connectivity index (χ1n) is 8.88. The zero-order chi connectivity index (χ0) is 19.0. The van der Waals surface area contributed by atoms with Crippen molar-refractivity contribution in [2.45, 2.75) is 19.1 Å². The molecular formula is C23H21NO3. The van der Waals surface area contributed by atoms with Crippen LogP contribution in [0.2, 0.25) is 0 Å². The lowest BCUT2D eigenvalue weighted by molar-refractivity contribution is -0.132. The van der Waals surface area contributed by atoms with Crippen molar-refractivity contribution in [3.8, 4) is 5.75 Å². The van der Waals surface area contributed by atoms with Gasteiger partial charge in [0, 0.05) is 5.56 Å². The molecule has 0 unspecified atom stereocenters. The summed E-state index contributed by atoms with van der Waals surface area (Å²) >= 11 is 0. The van der Waals surface area contributed by atoms with Gasteiger partial charge in [-0.15, -0.1) is 0 Å². The highest BCUT2D eigenvalue weighted by Crippen LogP contribution is 2.45. The van der Waals surface area contributed by atoms with Crippen molar-refractivity contribution >= 4 is 11.6 Å². The molecule has 0 saturated heterocycles. The minimum atomic E-state index is -1.68. The Hall–Kier alpha value is -3.11. The number of anilines is 1. The summed E-state index contributed by atoms with van der Waals surface area (Å²) in [6, 6.07) is 22.5. The number of aryl methyl sites for hydroxylation is 1. The molecule has 1 aliphatic rings. The first-order chi connectivity index (χ1) is 13.0. The van der Waals surface area contributed by atoms with Gasteiger partial charge in [-0.25, -0.2) is 0 Å². The molecule has 1 aliphatic heterocycles. The standard InChI is InChI=1S/C23H21NO3/c1-16-10-12-18(13-11-16)23(26)20-8-3-4-9-21(20)24(22(23)25)15-17-6-5-7-19(14-17)27-2/h3-14,26H,15H2,1-2H3/t23-/m0/s1. The van der Waals surface area contributed by atoms with Gasteiger partial charge in [0.25, 0.3) is 5.91 Å². The molecule has 0 saturated carbocycles. The Labute approximate surface area is 158 Å². The van der Waals surface area contributed by atoms with Gasteiger partial charge in [-0.2, -0.15) is 0 Å². The summed E-state index contributed by atoms with van der Waals surface area (Å²) in [7, 11) is 1.62. The lowest BCUT2D eigenvalue weighted by Crippen LogP contribution is -2.40. The molecule has 136 valence electrons. The summed E-state index contributed by atoms with van der Waals surface area (Å²) < 4.78 is 5.28. The molecule has 4 heteroatoms. The third-order valence-corrected chi connectivity index (χ3v) is 5.08. The van der Waals surface area contributed by atoms with Crippen LogP contribution in [0.5, 0.6) is 5.75 Å². The zero-order valence-corrected chi connectivity index (χ0v) is 15.3. The highest BCUT2D eigenvalue weighted by molar-refractivity contribution is 6.09. The first kappa shape index (κ1) is 17.3. The number of aliphatic hydroxyl groups is 1. The second-order valence-corrected chi connectivity index (χ2v) is 6.84. The number of rotatable bonds is 4. The average molecular weight is 359 g/mol. The Kier molecular flexibility index (Phi) is 4.21. The van der Waals surface area contributed by atoms with Gasteiger partial charge in [-0.1, -0.05) is 60.2 Å². The number of hydrogen-bond acceptors (Lipinski definition) is 3. The molecule has 0 aliphatic carbocycles. The Morgan fingerprint density at radius 2 is 1.74 bits per heavy atom. The largest absolute Gasteiger partial charge is 0.497 e. The molecule has 0 fully saturated rings. The van der Waals surface area contributed by atoms with Gasteiger partial charge < -0.3 is 14.7 Å². The summed E-state index contributed by atoms with van der Waals surface area (Å²) in [6.07, 6.45) is 0. The summed E-state index contributed by atoms with van der Waals surface area (Å²) in [5, 5.41) is 11.5. The summed E-state index contributed by atoms with van der Waals surface area (Å²) in [4.78, 5) is 15.0. The molecule has 1 N–H and O–H groups in total. The van der Waals surface area contributed by atoms with Crippen molar-refractivity contribution in [1.82, 2.24) is 0 Å². The van der Waals surface area contributed by atoms with E-state index in [9.17, 15) is 9.90 Å². The van der Waals surface area contributed by atoms with E-state index in [1.54, 1.807) is 12.0 Å². The van der Waals surface area contributed by atoms with E-state index in [-0.39, 0.29) is 5.91 Å². The Morgan fingerprint density at radius 3 is 2.48 bits per heavy atom. The third-order valence-electron chi connectivity index (χ3n) is 5.08. The molecule has 27 heavy (non-hydrogen) atoms. The molecule has 1 heterocycles. The molecule has 0 radical (unpaired) electrons. The van der Waals surface area contributed by atoms with Crippen molar-refractivity contribution in [2.75, 3.05) is 12.0 Å². The van der Waals surface area contributed by atoms with Crippen LogP contribution in [0.1, 0.15) is 22.3 Å². The summed E-state index contributed by atoms with van der Waals surface area (Å²) in [5.74, 6) is 0.400. The molecule has 1 atom stereocenters. The summed E-state index contributed by atoms with van der Waals surface area (Å²) in [6.45, 7) is 2.34. The molecule has 1 amide bonds. The maximum atomic E-state index is 13.4. The molecule has 3 aromatic rings. The molecule has 3 aromatic carbocycles. The lowest BCUT2D eigenvalue weighted by atomic mass is 9.87. The number of carbonyl (C=O) groups is 1. The van der Waals surface area contributed by atoms with E-state index in [2.05, 4.69) is 0 Å². The van der Waals surface area contributed by atoms with Crippen LogP contribution in [-0.2, 0) is 16.9 Å². The molecule has 0 bridgehead atoms. The second-order valence-electron chi connectivity index (χ2n) is 6.84. The smallest absolute Gasteiger partial charge is 0.268 e. The maximum absolute atomic E-state index is 13.4. The highest BCUT2D eigenvalue weighted by Gasteiger charge is 2.50. The molecule has 4 rings (SSSR count). The van der Waals surface area contributed by atoms with Crippen LogP contribution in [-0.4, -0.2) is 18.1 Å². The van der Waals surface area contributed by atoms with E-state index in [0.29, 0.717) is 17.7 Å². The van der Waals surface area contributed by atoms with Crippen LogP contribution in [0.3, 0.4) is 0 Å². The SMILES string of the molecule is COc1cccc(CN2C(=O)[C@](O)(c3ccc(C)cc3)c3ccccc32)c1. The number of ether oxygens (including phenoxy) is 1. The van der Waals surface area contributed by atoms with Crippen LogP contribution >= 0.6 is 0 Å².